The van der Waals surface area contributed by atoms with Crippen LogP contribution in [0.5, 0.6) is 6.01 Å². The average Bonchev–Trinajstić information content (AvgIpc) is 3.20. The second-order valence-corrected chi connectivity index (χ2v) is 12.6. The molecule has 0 amide bonds. The third-order valence-corrected chi connectivity index (χ3v) is 9.71. The Labute approximate surface area is 196 Å². The lowest BCUT2D eigenvalue weighted by molar-refractivity contribution is 0.202. The average molecular weight is 510 g/mol. The maximum absolute atomic E-state index is 12.3. The molecular formula is C20H28N6O6P2. The number of hydrogen-bond donors (Lipinski definition) is 5. The number of anilines is 2. The van der Waals surface area contributed by atoms with Gasteiger partial charge in [-0.1, -0.05) is 0 Å². The van der Waals surface area contributed by atoms with Gasteiger partial charge in [-0.25, -0.2) is 4.98 Å². The first-order chi connectivity index (χ1) is 16.1. The first-order valence-corrected chi connectivity index (χ1v) is 14.6. The van der Waals surface area contributed by atoms with Crippen LogP contribution < -0.4 is 20.7 Å². The van der Waals surface area contributed by atoms with Crippen LogP contribution in [-0.2, 0) is 15.7 Å². The molecule has 0 radical (unpaired) electrons. The lowest BCUT2D eigenvalue weighted by atomic mass is 9.99. The molecular weight excluding hydrogens is 482 g/mol. The molecule has 184 valence electrons. The van der Waals surface area contributed by atoms with Crippen LogP contribution in [0.25, 0.3) is 11.2 Å². The van der Waals surface area contributed by atoms with E-state index < -0.39 is 20.9 Å². The third-order valence-electron chi connectivity index (χ3n) is 5.60. The topological polar surface area (TPSA) is 172 Å². The van der Waals surface area contributed by atoms with E-state index in [2.05, 4.69) is 25.6 Å². The van der Waals surface area contributed by atoms with Crippen molar-refractivity contribution in [2.75, 3.05) is 30.9 Å². The number of piperidine rings is 1. The van der Waals surface area contributed by atoms with Gasteiger partial charge >= 0.3 is 13.6 Å². The van der Waals surface area contributed by atoms with Crippen molar-refractivity contribution < 1.29 is 28.5 Å². The molecule has 4 rings (SSSR count). The minimum absolute atomic E-state index is 0.0459. The molecule has 0 aliphatic carbocycles. The van der Waals surface area contributed by atoms with Crippen LogP contribution in [0.2, 0.25) is 0 Å². The van der Waals surface area contributed by atoms with Crippen LogP contribution in [0.4, 0.5) is 11.5 Å². The van der Waals surface area contributed by atoms with Gasteiger partial charge < -0.3 is 34.6 Å². The molecule has 0 bridgehead atoms. The van der Waals surface area contributed by atoms with E-state index in [-0.39, 0.29) is 11.3 Å². The lowest BCUT2D eigenvalue weighted by Crippen LogP contribution is -2.30. The molecule has 0 saturated carbocycles. The summed E-state index contributed by atoms with van der Waals surface area (Å²) >= 11 is 0. The number of ether oxygens (including phenoxy) is 1. The number of hydrogen-bond acceptors (Lipinski definition) is 8. The maximum atomic E-state index is 12.3. The first kappa shape index (κ1) is 24.8. The predicted octanol–water partition coefficient (Wildman–Crippen LogP) is 2.00. The fourth-order valence-electron chi connectivity index (χ4n) is 3.79. The smallest absolute Gasteiger partial charge is 0.335 e. The molecule has 1 aliphatic heterocycles. The zero-order valence-corrected chi connectivity index (χ0v) is 20.5. The SMILES string of the molecule is CCn1cnc2c(Nc3ccc(P(=O)(O)CP(=O)(O)O)cc3)nc(OCC3CCNCC3)nc21. The molecule has 1 aliphatic rings. The van der Waals surface area contributed by atoms with E-state index in [1.165, 1.54) is 24.3 Å². The number of fused-ring (bicyclic) bond motifs is 1. The maximum Gasteiger partial charge on any atom is 0.335 e. The molecule has 12 nitrogen and oxygen atoms in total. The quantitative estimate of drug-likeness (QED) is 0.267. The summed E-state index contributed by atoms with van der Waals surface area (Å²) in [6, 6.07) is 6.03. The Hall–Kier alpha value is -2.33. The fraction of sp³-hybridized carbons (Fsp3) is 0.450. The van der Waals surface area contributed by atoms with Gasteiger partial charge in [-0.05, 0) is 63.0 Å². The van der Waals surface area contributed by atoms with Gasteiger partial charge in [0.1, 0.15) is 5.90 Å². The molecule has 1 aromatic carbocycles. The van der Waals surface area contributed by atoms with E-state index in [1.807, 2.05) is 11.5 Å². The molecule has 34 heavy (non-hydrogen) atoms. The van der Waals surface area contributed by atoms with E-state index in [0.717, 1.165) is 25.9 Å². The van der Waals surface area contributed by atoms with E-state index >= 15 is 0 Å². The van der Waals surface area contributed by atoms with Crippen molar-refractivity contribution in [1.82, 2.24) is 24.8 Å². The Bertz CT molecular complexity index is 1240. The number of nitrogens with one attached hydrogen (secondary N) is 2. The van der Waals surface area contributed by atoms with Crippen molar-refractivity contribution >= 4 is 42.9 Å². The van der Waals surface area contributed by atoms with Crippen molar-refractivity contribution in [3.05, 3.63) is 30.6 Å². The summed E-state index contributed by atoms with van der Waals surface area (Å²) in [6.07, 6.45) is 3.74. The summed E-state index contributed by atoms with van der Waals surface area (Å²) in [5.41, 5.74) is 1.73. The predicted molar refractivity (Wildman–Crippen MR) is 128 cm³/mol. The highest BCUT2D eigenvalue weighted by molar-refractivity contribution is 7.77. The Kier molecular flexibility index (Phi) is 7.37. The van der Waals surface area contributed by atoms with Crippen LogP contribution >= 0.6 is 15.0 Å². The largest absolute Gasteiger partial charge is 0.463 e. The Morgan fingerprint density at radius 3 is 2.50 bits per heavy atom. The van der Waals surface area contributed by atoms with Crippen LogP contribution in [-0.4, -0.2) is 59.8 Å². The Morgan fingerprint density at radius 1 is 1.15 bits per heavy atom. The monoisotopic (exact) mass is 510 g/mol. The van der Waals surface area contributed by atoms with E-state index in [1.54, 1.807) is 6.33 Å². The molecule has 14 heteroatoms. The van der Waals surface area contributed by atoms with Gasteiger partial charge in [-0.2, -0.15) is 9.97 Å². The molecule has 5 N–H and O–H groups in total. The zero-order valence-electron chi connectivity index (χ0n) is 18.7. The van der Waals surface area contributed by atoms with Crippen molar-refractivity contribution in [3.8, 4) is 6.01 Å². The third kappa shape index (κ3) is 6.02. The molecule has 1 atom stereocenters. The summed E-state index contributed by atoms with van der Waals surface area (Å²) < 4.78 is 31.3. The summed E-state index contributed by atoms with van der Waals surface area (Å²) in [5.74, 6) is -0.249. The first-order valence-electron chi connectivity index (χ1n) is 10.9. The Balaban J connectivity index is 1.57. The van der Waals surface area contributed by atoms with E-state index in [9.17, 15) is 14.0 Å². The number of benzene rings is 1. The molecule has 3 aromatic rings. The number of aryl methyl sites for hydroxylation is 1. The zero-order chi connectivity index (χ0) is 24.3. The van der Waals surface area contributed by atoms with Crippen LogP contribution in [0.1, 0.15) is 19.8 Å². The summed E-state index contributed by atoms with van der Waals surface area (Å²) in [5, 5.41) is 6.43. The van der Waals surface area contributed by atoms with Gasteiger partial charge in [0.15, 0.2) is 17.0 Å². The minimum atomic E-state index is -4.64. The highest BCUT2D eigenvalue weighted by Gasteiger charge is 2.31. The molecule has 0 spiro atoms. The summed E-state index contributed by atoms with van der Waals surface area (Å²) in [4.78, 5) is 41.7. The van der Waals surface area contributed by atoms with Gasteiger partial charge in [0.2, 0.25) is 7.37 Å². The minimum Gasteiger partial charge on any atom is -0.463 e. The summed E-state index contributed by atoms with van der Waals surface area (Å²) in [6.45, 7) is 5.10. The molecule has 1 fully saturated rings. The molecule has 2 aromatic heterocycles. The summed E-state index contributed by atoms with van der Waals surface area (Å²) in [7, 11) is -8.84. The van der Waals surface area contributed by atoms with Gasteiger partial charge in [0, 0.05) is 17.5 Å². The van der Waals surface area contributed by atoms with E-state index in [0.29, 0.717) is 41.7 Å². The Morgan fingerprint density at radius 2 is 1.85 bits per heavy atom. The number of aromatic nitrogens is 4. The second-order valence-electron chi connectivity index (χ2n) is 8.24. The van der Waals surface area contributed by atoms with Crippen LogP contribution in [0.15, 0.2) is 30.6 Å². The number of rotatable bonds is 9. The highest BCUT2D eigenvalue weighted by Crippen LogP contribution is 2.53. The van der Waals surface area contributed by atoms with Gasteiger partial charge in [-0.3, -0.25) is 9.13 Å². The normalized spacial score (nSPS) is 16.9. The second kappa shape index (κ2) is 10.1. The molecule has 1 saturated heterocycles. The fourth-order valence-corrected chi connectivity index (χ4v) is 7.06. The van der Waals surface area contributed by atoms with Gasteiger partial charge in [0.25, 0.3) is 0 Å². The van der Waals surface area contributed by atoms with Crippen LogP contribution in [0, 0.1) is 5.92 Å². The van der Waals surface area contributed by atoms with Gasteiger partial charge in [-0.15, -0.1) is 0 Å². The highest BCUT2D eigenvalue weighted by atomic mass is 31.2. The van der Waals surface area contributed by atoms with Crippen molar-refractivity contribution in [3.63, 3.8) is 0 Å². The number of imidazole rings is 1. The van der Waals surface area contributed by atoms with E-state index in [4.69, 9.17) is 14.5 Å². The standard InChI is InChI=1S/C20H28N6O6P2/c1-2-26-12-22-17-18(24-20(25-19(17)26)32-11-14-7-9-21-10-8-14)23-15-3-5-16(6-4-15)33(27,28)13-34(29,30)31/h3-6,12,14,21H,2,7-11,13H2,1H3,(H,27,28)(H,23,24,25)(H2,29,30,31). The number of nitrogens with zero attached hydrogens (tertiary/aromatic N) is 4. The molecule has 3 heterocycles. The van der Waals surface area contributed by atoms with Crippen molar-refractivity contribution in [2.24, 2.45) is 5.92 Å². The lowest BCUT2D eigenvalue weighted by Gasteiger charge is -2.22. The van der Waals surface area contributed by atoms with Crippen molar-refractivity contribution in [2.45, 2.75) is 26.3 Å². The van der Waals surface area contributed by atoms with Crippen molar-refractivity contribution in [1.29, 1.82) is 0 Å². The van der Waals surface area contributed by atoms with Crippen LogP contribution in [0.3, 0.4) is 0 Å². The van der Waals surface area contributed by atoms with Gasteiger partial charge in [0.05, 0.1) is 12.9 Å². The molecule has 1 unspecified atom stereocenters.